The van der Waals surface area contributed by atoms with E-state index < -0.39 is 0 Å². The Balaban J connectivity index is 1.65. The first kappa shape index (κ1) is 19.6. The molecule has 0 aliphatic carbocycles. The first-order valence-corrected chi connectivity index (χ1v) is 8.26. The van der Waals surface area contributed by atoms with Gasteiger partial charge >= 0.3 is 0 Å². The van der Waals surface area contributed by atoms with E-state index in [4.69, 9.17) is 0 Å². The first-order chi connectivity index (χ1) is 13.1. The van der Waals surface area contributed by atoms with Crippen molar-refractivity contribution < 1.29 is 19.8 Å². The van der Waals surface area contributed by atoms with Gasteiger partial charge in [0.15, 0.2) is 0 Å². The summed E-state index contributed by atoms with van der Waals surface area (Å²) in [4.78, 5) is 23.3. The molecule has 0 bridgehead atoms. The summed E-state index contributed by atoms with van der Waals surface area (Å²) >= 11 is 0. The van der Waals surface area contributed by atoms with E-state index in [0.29, 0.717) is 17.5 Å². The summed E-state index contributed by atoms with van der Waals surface area (Å²) in [5, 5.41) is 26.6. The van der Waals surface area contributed by atoms with Gasteiger partial charge in [0.05, 0.1) is 12.4 Å². The second-order valence-corrected chi connectivity index (χ2v) is 5.56. The van der Waals surface area contributed by atoms with Crippen molar-refractivity contribution in [1.82, 2.24) is 10.9 Å². The summed E-state index contributed by atoms with van der Waals surface area (Å²) in [5.74, 6) is -0.549. The van der Waals surface area contributed by atoms with Crippen molar-refractivity contribution in [3.8, 4) is 11.5 Å². The van der Waals surface area contributed by atoms with Crippen LogP contribution in [0.15, 0.2) is 58.7 Å². The fourth-order valence-corrected chi connectivity index (χ4v) is 2.06. The first-order valence-electron chi connectivity index (χ1n) is 8.26. The van der Waals surface area contributed by atoms with Crippen molar-refractivity contribution in [2.45, 2.75) is 19.3 Å². The fraction of sp³-hybridized carbons (Fsp3) is 0.158. The van der Waals surface area contributed by atoms with Crippen LogP contribution in [0.3, 0.4) is 0 Å². The van der Waals surface area contributed by atoms with Gasteiger partial charge in [-0.3, -0.25) is 9.59 Å². The summed E-state index contributed by atoms with van der Waals surface area (Å²) in [6.07, 6.45) is 3.25. The Morgan fingerprint density at radius 3 is 1.59 bits per heavy atom. The average molecular weight is 368 g/mol. The van der Waals surface area contributed by atoms with E-state index in [1.54, 1.807) is 36.4 Å². The number of para-hydroxylation sites is 2. The van der Waals surface area contributed by atoms with Gasteiger partial charge in [0.1, 0.15) is 11.5 Å². The summed E-state index contributed by atoms with van der Waals surface area (Å²) < 4.78 is 0. The molecule has 0 heterocycles. The number of aromatic hydroxyl groups is 2. The van der Waals surface area contributed by atoms with E-state index in [9.17, 15) is 19.8 Å². The minimum atomic E-state index is -0.341. The molecule has 0 atom stereocenters. The summed E-state index contributed by atoms with van der Waals surface area (Å²) in [5.41, 5.74) is 5.64. The van der Waals surface area contributed by atoms with Crippen LogP contribution in [-0.2, 0) is 9.59 Å². The van der Waals surface area contributed by atoms with Gasteiger partial charge in [-0.25, -0.2) is 10.9 Å². The van der Waals surface area contributed by atoms with Gasteiger partial charge in [0, 0.05) is 24.0 Å². The maximum absolute atomic E-state index is 11.7. The molecule has 27 heavy (non-hydrogen) atoms. The SMILES string of the molecule is O=C(CCCC(=O)N/N=C/c1ccccc1O)N/N=C/c1ccccc1O. The topological polar surface area (TPSA) is 123 Å². The van der Waals surface area contributed by atoms with Crippen LogP contribution in [0.2, 0.25) is 0 Å². The molecule has 0 radical (unpaired) electrons. The van der Waals surface area contributed by atoms with E-state index >= 15 is 0 Å². The van der Waals surface area contributed by atoms with Crippen LogP contribution < -0.4 is 10.9 Å². The monoisotopic (exact) mass is 368 g/mol. The molecule has 0 unspecified atom stereocenters. The van der Waals surface area contributed by atoms with Crippen LogP contribution in [-0.4, -0.2) is 34.5 Å². The highest BCUT2D eigenvalue weighted by molar-refractivity contribution is 5.86. The molecule has 0 aliphatic heterocycles. The Morgan fingerprint density at radius 2 is 1.19 bits per heavy atom. The Kier molecular flexibility index (Phi) is 7.52. The molecule has 140 valence electrons. The number of carbonyl (C=O) groups is 2. The van der Waals surface area contributed by atoms with Crippen molar-refractivity contribution >= 4 is 24.2 Å². The minimum absolute atomic E-state index is 0.0662. The molecule has 0 fully saturated rings. The van der Waals surface area contributed by atoms with Gasteiger partial charge < -0.3 is 10.2 Å². The average Bonchev–Trinajstić information content (AvgIpc) is 2.65. The number of benzene rings is 2. The molecule has 0 saturated carbocycles. The van der Waals surface area contributed by atoms with Gasteiger partial charge in [-0.15, -0.1) is 0 Å². The van der Waals surface area contributed by atoms with Crippen LogP contribution in [0.4, 0.5) is 0 Å². The van der Waals surface area contributed by atoms with E-state index in [0.717, 1.165) is 0 Å². The Bertz CT molecular complexity index is 780. The summed E-state index contributed by atoms with van der Waals surface area (Å²) in [6.45, 7) is 0. The van der Waals surface area contributed by atoms with Crippen LogP contribution in [0.1, 0.15) is 30.4 Å². The molecule has 0 aliphatic rings. The van der Waals surface area contributed by atoms with Crippen molar-refractivity contribution in [2.75, 3.05) is 0 Å². The second-order valence-electron chi connectivity index (χ2n) is 5.56. The number of nitrogens with zero attached hydrogens (tertiary/aromatic N) is 2. The third-order valence-corrected chi connectivity index (χ3v) is 3.47. The molecule has 8 heteroatoms. The molecule has 2 amide bonds. The van der Waals surface area contributed by atoms with Gasteiger partial charge in [-0.1, -0.05) is 24.3 Å². The molecule has 2 aromatic carbocycles. The number of hydrazone groups is 2. The van der Waals surface area contributed by atoms with Gasteiger partial charge in [-0.2, -0.15) is 10.2 Å². The maximum atomic E-state index is 11.7. The molecule has 2 aromatic rings. The third kappa shape index (κ3) is 6.99. The zero-order chi connectivity index (χ0) is 19.5. The Morgan fingerprint density at radius 1 is 0.778 bits per heavy atom. The van der Waals surface area contributed by atoms with Crippen LogP contribution in [0.5, 0.6) is 11.5 Å². The van der Waals surface area contributed by atoms with Gasteiger partial charge in [-0.05, 0) is 30.7 Å². The number of hydrogen-bond donors (Lipinski definition) is 4. The predicted octanol–water partition coefficient (Wildman–Crippen LogP) is 1.87. The number of phenols is 2. The minimum Gasteiger partial charge on any atom is -0.507 e. The third-order valence-electron chi connectivity index (χ3n) is 3.47. The quantitative estimate of drug-likeness (QED) is 0.419. The second kappa shape index (κ2) is 10.3. The van der Waals surface area contributed by atoms with Gasteiger partial charge in [0.2, 0.25) is 11.8 Å². The number of amides is 2. The normalized spacial score (nSPS) is 11.0. The van der Waals surface area contributed by atoms with Gasteiger partial charge in [0.25, 0.3) is 0 Å². The lowest BCUT2D eigenvalue weighted by molar-refractivity contribution is -0.122. The van der Waals surface area contributed by atoms with Crippen molar-refractivity contribution in [2.24, 2.45) is 10.2 Å². The largest absolute Gasteiger partial charge is 0.507 e. The van der Waals surface area contributed by atoms with Crippen LogP contribution in [0.25, 0.3) is 0 Å². The molecule has 0 aromatic heterocycles. The number of nitrogens with one attached hydrogen (secondary N) is 2. The molecule has 8 nitrogen and oxygen atoms in total. The molecular weight excluding hydrogens is 348 g/mol. The van der Waals surface area contributed by atoms with E-state index in [2.05, 4.69) is 21.1 Å². The smallest absolute Gasteiger partial charge is 0.240 e. The Labute approximate surface area is 156 Å². The highest BCUT2D eigenvalue weighted by Gasteiger charge is 2.04. The lowest BCUT2D eigenvalue weighted by Gasteiger charge is -2.01. The van der Waals surface area contributed by atoms with Crippen molar-refractivity contribution in [1.29, 1.82) is 0 Å². The predicted molar refractivity (Wildman–Crippen MR) is 102 cm³/mol. The van der Waals surface area contributed by atoms with E-state index in [-0.39, 0.29) is 36.2 Å². The summed E-state index contributed by atoms with van der Waals surface area (Å²) in [6, 6.07) is 13.2. The van der Waals surface area contributed by atoms with Crippen LogP contribution >= 0.6 is 0 Å². The number of carbonyl (C=O) groups excluding carboxylic acids is 2. The number of hydrogen-bond acceptors (Lipinski definition) is 6. The zero-order valence-electron chi connectivity index (χ0n) is 14.5. The number of phenolic OH excluding ortho intramolecular Hbond substituents is 2. The molecule has 0 spiro atoms. The van der Waals surface area contributed by atoms with E-state index in [1.165, 1.54) is 24.6 Å². The highest BCUT2D eigenvalue weighted by Crippen LogP contribution is 2.13. The summed E-state index contributed by atoms with van der Waals surface area (Å²) in [7, 11) is 0. The molecule has 2 rings (SSSR count). The standard InChI is InChI=1S/C19H20N4O4/c24-16-8-3-1-6-14(16)12-20-22-18(26)10-5-11-19(27)23-21-13-15-7-2-4-9-17(15)25/h1-4,6-9,12-13,24-25H,5,10-11H2,(H,22,26)(H,23,27)/b20-12+,21-13+. The van der Waals surface area contributed by atoms with Crippen LogP contribution in [0, 0.1) is 0 Å². The van der Waals surface area contributed by atoms with E-state index in [1.807, 2.05) is 0 Å². The zero-order valence-corrected chi connectivity index (χ0v) is 14.5. The molecular formula is C19H20N4O4. The Hall–Kier alpha value is -3.68. The lowest BCUT2D eigenvalue weighted by Crippen LogP contribution is -2.20. The fourth-order valence-electron chi connectivity index (χ4n) is 2.06. The molecule has 4 N–H and O–H groups in total. The molecule has 0 saturated heterocycles. The van der Waals surface area contributed by atoms with Crippen molar-refractivity contribution in [3.05, 3.63) is 59.7 Å². The van der Waals surface area contributed by atoms with Crippen molar-refractivity contribution in [3.63, 3.8) is 0 Å². The lowest BCUT2D eigenvalue weighted by atomic mass is 10.2. The highest BCUT2D eigenvalue weighted by atomic mass is 16.3. The maximum Gasteiger partial charge on any atom is 0.240 e. The number of rotatable bonds is 8.